The number of piperidine rings is 1. The first-order valence-corrected chi connectivity index (χ1v) is 4.57. The van der Waals surface area contributed by atoms with Gasteiger partial charge in [0, 0.05) is 19.5 Å². The van der Waals surface area contributed by atoms with Gasteiger partial charge >= 0.3 is 0 Å². The molecule has 0 bridgehead atoms. The van der Waals surface area contributed by atoms with Gasteiger partial charge in [-0.15, -0.1) is 0 Å². The molecule has 64 valence electrons. The predicted octanol–water partition coefficient (Wildman–Crippen LogP) is 1.26. The van der Waals surface area contributed by atoms with Crippen LogP contribution in [0.1, 0.15) is 26.2 Å². The number of nitrogens with zero attached hydrogens (tertiary/aromatic N) is 1. The molecule has 0 N–H and O–H groups in total. The highest BCUT2D eigenvalue weighted by Gasteiger charge is 2.44. The van der Waals surface area contributed by atoms with Crippen LogP contribution in [0.5, 0.6) is 0 Å². The molecule has 2 aliphatic rings. The fourth-order valence-electron chi connectivity index (χ4n) is 2.29. The Morgan fingerprint density at radius 2 is 1.91 bits per heavy atom. The van der Waals surface area contributed by atoms with E-state index in [1.807, 2.05) is 0 Å². The Morgan fingerprint density at radius 3 is 2.36 bits per heavy atom. The zero-order chi connectivity index (χ0) is 7.90. The van der Waals surface area contributed by atoms with E-state index in [1.54, 1.807) is 0 Å². The topological polar surface area (TPSA) is 12.5 Å². The van der Waals surface area contributed by atoms with E-state index in [4.69, 9.17) is 4.74 Å². The van der Waals surface area contributed by atoms with Gasteiger partial charge in [0.2, 0.25) is 0 Å². The maximum Gasteiger partial charge on any atom is 0.0735 e. The second-order valence-corrected chi connectivity index (χ2v) is 4.12. The molecule has 0 aromatic carbocycles. The molecule has 2 fully saturated rings. The third kappa shape index (κ3) is 1.30. The van der Waals surface area contributed by atoms with Crippen molar-refractivity contribution in [1.82, 2.24) is 4.90 Å². The lowest BCUT2D eigenvalue weighted by molar-refractivity contribution is -0.216. The molecular formula is C9H17NO. The van der Waals surface area contributed by atoms with Gasteiger partial charge in [-0.25, -0.2) is 0 Å². The minimum atomic E-state index is 0.311. The van der Waals surface area contributed by atoms with Crippen LogP contribution >= 0.6 is 0 Å². The Labute approximate surface area is 68.5 Å². The first-order chi connectivity index (χ1) is 5.20. The summed E-state index contributed by atoms with van der Waals surface area (Å²) in [6.07, 6.45) is 4.31. The van der Waals surface area contributed by atoms with Crippen molar-refractivity contribution < 1.29 is 4.74 Å². The molecule has 2 aliphatic heterocycles. The number of hydrogen-bond acceptors (Lipinski definition) is 2. The van der Waals surface area contributed by atoms with Gasteiger partial charge in [0.25, 0.3) is 0 Å². The summed E-state index contributed by atoms with van der Waals surface area (Å²) in [6.45, 7) is 4.60. The third-order valence-corrected chi connectivity index (χ3v) is 3.01. The van der Waals surface area contributed by atoms with E-state index in [0.29, 0.717) is 11.7 Å². The summed E-state index contributed by atoms with van der Waals surface area (Å²) in [7, 11) is 2.19. The average molecular weight is 155 g/mol. The smallest absolute Gasteiger partial charge is 0.0735 e. The third-order valence-electron chi connectivity index (χ3n) is 3.01. The SMILES string of the molecule is CC1CC2(CCN(C)CC2)O1. The fourth-order valence-corrected chi connectivity index (χ4v) is 2.29. The van der Waals surface area contributed by atoms with Crippen LogP contribution in [0, 0.1) is 0 Å². The summed E-state index contributed by atoms with van der Waals surface area (Å²) in [5.41, 5.74) is 0.311. The maximum absolute atomic E-state index is 5.79. The summed E-state index contributed by atoms with van der Waals surface area (Å²) in [5.74, 6) is 0. The lowest BCUT2D eigenvalue weighted by Gasteiger charge is -2.50. The van der Waals surface area contributed by atoms with E-state index in [1.165, 1.54) is 32.4 Å². The molecule has 11 heavy (non-hydrogen) atoms. The second kappa shape index (κ2) is 2.46. The second-order valence-electron chi connectivity index (χ2n) is 4.12. The van der Waals surface area contributed by atoms with Crippen molar-refractivity contribution in [2.45, 2.75) is 37.9 Å². The van der Waals surface area contributed by atoms with Gasteiger partial charge in [-0.05, 0) is 26.8 Å². The molecule has 0 amide bonds. The molecule has 1 spiro atoms. The maximum atomic E-state index is 5.79. The van der Waals surface area contributed by atoms with Crippen molar-refractivity contribution in [1.29, 1.82) is 0 Å². The van der Waals surface area contributed by atoms with Crippen molar-refractivity contribution in [2.75, 3.05) is 20.1 Å². The van der Waals surface area contributed by atoms with Crippen LogP contribution in [0.3, 0.4) is 0 Å². The van der Waals surface area contributed by atoms with Gasteiger partial charge in [-0.2, -0.15) is 0 Å². The zero-order valence-electron chi connectivity index (χ0n) is 7.47. The summed E-state index contributed by atoms with van der Waals surface area (Å²) < 4.78 is 5.79. The molecule has 2 rings (SSSR count). The van der Waals surface area contributed by atoms with Crippen molar-refractivity contribution in [3.63, 3.8) is 0 Å². The minimum absolute atomic E-state index is 0.311. The largest absolute Gasteiger partial charge is 0.372 e. The minimum Gasteiger partial charge on any atom is -0.372 e. The standard InChI is InChI=1S/C9H17NO/c1-8-7-9(11-8)3-5-10(2)6-4-9/h8H,3-7H2,1-2H3. The van der Waals surface area contributed by atoms with Crippen molar-refractivity contribution >= 4 is 0 Å². The summed E-state index contributed by atoms with van der Waals surface area (Å²) >= 11 is 0. The van der Waals surface area contributed by atoms with Crippen LogP contribution < -0.4 is 0 Å². The van der Waals surface area contributed by atoms with Crippen molar-refractivity contribution in [3.8, 4) is 0 Å². The van der Waals surface area contributed by atoms with Gasteiger partial charge in [0.1, 0.15) is 0 Å². The number of likely N-dealkylation sites (tertiary alicyclic amines) is 1. The molecule has 0 aliphatic carbocycles. The molecular weight excluding hydrogens is 138 g/mol. The van der Waals surface area contributed by atoms with Crippen LogP contribution in [-0.4, -0.2) is 36.7 Å². The van der Waals surface area contributed by atoms with E-state index in [9.17, 15) is 0 Å². The molecule has 2 nitrogen and oxygen atoms in total. The van der Waals surface area contributed by atoms with Gasteiger partial charge in [0.15, 0.2) is 0 Å². The first kappa shape index (κ1) is 7.56. The van der Waals surface area contributed by atoms with E-state index >= 15 is 0 Å². The normalized spacial score (nSPS) is 37.1. The molecule has 0 aromatic rings. The van der Waals surface area contributed by atoms with E-state index in [0.717, 1.165) is 0 Å². The Balaban J connectivity index is 1.88. The molecule has 2 heterocycles. The van der Waals surface area contributed by atoms with Crippen molar-refractivity contribution in [3.05, 3.63) is 0 Å². The summed E-state index contributed by atoms with van der Waals surface area (Å²) in [5, 5.41) is 0. The van der Waals surface area contributed by atoms with Crippen molar-refractivity contribution in [2.24, 2.45) is 0 Å². The highest BCUT2D eigenvalue weighted by Crippen LogP contribution is 2.40. The molecule has 1 atom stereocenters. The Morgan fingerprint density at radius 1 is 1.36 bits per heavy atom. The highest BCUT2D eigenvalue weighted by molar-refractivity contribution is 4.95. The first-order valence-electron chi connectivity index (χ1n) is 4.57. The molecule has 2 saturated heterocycles. The lowest BCUT2D eigenvalue weighted by Crippen LogP contribution is -2.55. The number of ether oxygens (including phenoxy) is 1. The van der Waals surface area contributed by atoms with Gasteiger partial charge in [0.05, 0.1) is 11.7 Å². The van der Waals surface area contributed by atoms with E-state index in [-0.39, 0.29) is 0 Å². The predicted molar refractivity (Wildman–Crippen MR) is 44.6 cm³/mol. The summed E-state index contributed by atoms with van der Waals surface area (Å²) in [6, 6.07) is 0. The fraction of sp³-hybridized carbons (Fsp3) is 1.00. The Hall–Kier alpha value is -0.0800. The van der Waals surface area contributed by atoms with Crippen LogP contribution in [-0.2, 0) is 4.74 Å². The van der Waals surface area contributed by atoms with Crippen LogP contribution in [0.4, 0.5) is 0 Å². The van der Waals surface area contributed by atoms with Gasteiger partial charge < -0.3 is 9.64 Å². The Bertz CT molecular complexity index is 142. The molecule has 2 heteroatoms. The quantitative estimate of drug-likeness (QED) is 0.522. The molecule has 0 aromatic heterocycles. The van der Waals surface area contributed by atoms with E-state index in [2.05, 4.69) is 18.9 Å². The average Bonchev–Trinajstić information content (AvgIpc) is 1.92. The lowest BCUT2D eigenvalue weighted by atomic mass is 9.81. The monoisotopic (exact) mass is 155 g/mol. The molecule has 1 unspecified atom stereocenters. The molecule has 0 saturated carbocycles. The van der Waals surface area contributed by atoms with E-state index < -0.39 is 0 Å². The van der Waals surface area contributed by atoms with Crippen LogP contribution in [0.15, 0.2) is 0 Å². The number of rotatable bonds is 0. The highest BCUT2D eigenvalue weighted by atomic mass is 16.5. The van der Waals surface area contributed by atoms with Gasteiger partial charge in [-0.1, -0.05) is 0 Å². The van der Waals surface area contributed by atoms with Gasteiger partial charge in [-0.3, -0.25) is 0 Å². The molecule has 0 radical (unpaired) electrons. The zero-order valence-corrected chi connectivity index (χ0v) is 7.47. The summed E-state index contributed by atoms with van der Waals surface area (Å²) in [4.78, 5) is 2.39. The van der Waals surface area contributed by atoms with Crippen LogP contribution in [0.25, 0.3) is 0 Å². The number of hydrogen-bond donors (Lipinski definition) is 0. The van der Waals surface area contributed by atoms with Crippen LogP contribution in [0.2, 0.25) is 0 Å². The Kier molecular flexibility index (Phi) is 1.69.